The van der Waals surface area contributed by atoms with Crippen molar-refractivity contribution in [3.05, 3.63) is 23.0 Å². The lowest BCUT2D eigenvalue weighted by Crippen LogP contribution is -2.04. The maximum atomic E-state index is 12.3. The van der Waals surface area contributed by atoms with Gasteiger partial charge in [-0.2, -0.15) is 0 Å². The Morgan fingerprint density at radius 1 is 1.62 bits per heavy atom. The van der Waals surface area contributed by atoms with Crippen molar-refractivity contribution in [1.29, 1.82) is 0 Å². The van der Waals surface area contributed by atoms with Crippen molar-refractivity contribution in [3.63, 3.8) is 0 Å². The molecule has 1 aromatic rings. The van der Waals surface area contributed by atoms with Crippen LogP contribution in [0.4, 0.5) is 14.5 Å². The molecular formula is C8H10F2N2O. The molecule has 0 atom stereocenters. The lowest BCUT2D eigenvalue weighted by atomic mass is 10.1. The molecule has 0 bridgehead atoms. The standard InChI is InChI=1S/C8H10F2N2O/c1-4-2-5(11)6(3-13)12-7(4)8(9)10/h2,8,13H,3,11H2,1H3. The summed E-state index contributed by atoms with van der Waals surface area (Å²) in [6.45, 7) is 1.08. The summed E-state index contributed by atoms with van der Waals surface area (Å²) in [5, 5.41) is 8.73. The first kappa shape index (κ1) is 9.85. The van der Waals surface area contributed by atoms with Crippen molar-refractivity contribution in [2.45, 2.75) is 20.0 Å². The predicted octanol–water partition coefficient (Wildman–Crippen LogP) is 1.40. The van der Waals surface area contributed by atoms with Gasteiger partial charge in [0.2, 0.25) is 0 Å². The van der Waals surface area contributed by atoms with Crippen LogP contribution in [0.2, 0.25) is 0 Å². The topological polar surface area (TPSA) is 59.1 Å². The Bertz CT molecular complexity index is 315. The Hall–Kier alpha value is -1.23. The highest BCUT2D eigenvalue weighted by molar-refractivity contribution is 5.46. The largest absolute Gasteiger partial charge is 0.397 e. The van der Waals surface area contributed by atoms with E-state index in [1.165, 1.54) is 13.0 Å². The molecule has 5 heteroatoms. The van der Waals surface area contributed by atoms with E-state index in [0.29, 0.717) is 5.56 Å². The average Bonchev–Trinajstić information content (AvgIpc) is 2.03. The summed E-state index contributed by atoms with van der Waals surface area (Å²) in [4.78, 5) is 3.56. The fourth-order valence-corrected chi connectivity index (χ4v) is 1.04. The molecule has 0 aliphatic carbocycles. The van der Waals surface area contributed by atoms with Crippen LogP contribution in [-0.2, 0) is 6.61 Å². The number of pyridine rings is 1. The lowest BCUT2D eigenvalue weighted by molar-refractivity contribution is 0.144. The van der Waals surface area contributed by atoms with E-state index in [4.69, 9.17) is 10.8 Å². The molecule has 0 amide bonds. The van der Waals surface area contributed by atoms with E-state index in [1.54, 1.807) is 0 Å². The van der Waals surface area contributed by atoms with Gasteiger partial charge in [-0.1, -0.05) is 0 Å². The summed E-state index contributed by atoms with van der Waals surface area (Å²) in [7, 11) is 0. The highest BCUT2D eigenvalue weighted by Crippen LogP contribution is 2.23. The van der Waals surface area contributed by atoms with Crippen LogP contribution in [0.5, 0.6) is 0 Å². The lowest BCUT2D eigenvalue weighted by Gasteiger charge is -2.08. The quantitative estimate of drug-likeness (QED) is 0.737. The fraction of sp³-hybridized carbons (Fsp3) is 0.375. The minimum Gasteiger partial charge on any atom is -0.397 e. The highest BCUT2D eigenvalue weighted by Gasteiger charge is 2.14. The number of nitrogens with two attached hydrogens (primary N) is 1. The molecule has 1 aromatic heterocycles. The van der Waals surface area contributed by atoms with Crippen molar-refractivity contribution >= 4 is 5.69 Å². The number of hydrogen-bond donors (Lipinski definition) is 2. The van der Waals surface area contributed by atoms with Gasteiger partial charge in [0.25, 0.3) is 6.43 Å². The van der Waals surface area contributed by atoms with Crippen molar-refractivity contribution in [2.24, 2.45) is 0 Å². The molecule has 0 saturated carbocycles. The van der Waals surface area contributed by atoms with Crippen LogP contribution in [0.25, 0.3) is 0 Å². The van der Waals surface area contributed by atoms with Gasteiger partial charge in [0.15, 0.2) is 0 Å². The number of aliphatic hydroxyl groups excluding tert-OH is 1. The minimum atomic E-state index is -2.63. The van der Waals surface area contributed by atoms with Gasteiger partial charge in [-0.3, -0.25) is 0 Å². The van der Waals surface area contributed by atoms with Gasteiger partial charge in [0.1, 0.15) is 5.69 Å². The SMILES string of the molecule is Cc1cc(N)c(CO)nc1C(F)F. The van der Waals surface area contributed by atoms with Gasteiger partial charge < -0.3 is 10.8 Å². The smallest absolute Gasteiger partial charge is 0.280 e. The number of aryl methyl sites for hydroxylation is 1. The molecule has 72 valence electrons. The number of halogens is 2. The summed E-state index contributed by atoms with van der Waals surface area (Å²) in [6, 6.07) is 1.39. The Kier molecular flexibility index (Phi) is 2.77. The van der Waals surface area contributed by atoms with Crippen LogP contribution >= 0.6 is 0 Å². The highest BCUT2D eigenvalue weighted by atomic mass is 19.3. The number of anilines is 1. The molecule has 1 heterocycles. The van der Waals surface area contributed by atoms with E-state index in [-0.39, 0.29) is 17.1 Å². The summed E-state index contributed by atoms with van der Waals surface area (Å²) < 4.78 is 24.6. The van der Waals surface area contributed by atoms with Crippen molar-refractivity contribution in [2.75, 3.05) is 5.73 Å². The van der Waals surface area contributed by atoms with E-state index in [2.05, 4.69) is 4.98 Å². The van der Waals surface area contributed by atoms with E-state index < -0.39 is 13.0 Å². The molecule has 0 radical (unpaired) electrons. The van der Waals surface area contributed by atoms with Crippen LogP contribution in [0, 0.1) is 6.92 Å². The first-order valence-electron chi connectivity index (χ1n) is 3.71. The van der Waals surface area contributed by atoms with Gasteiger partial charge >= 0.3 is 0 Å². The fourth-order valence-electron chi connectivity index (χ4n) is 1.04. The first-order valence-corrected chi connectivity index (χ1v) is 3.71. The zero-order chi connectivity index (χ0) is 10.0. The van der Waals surface area contributed by atoms with Crippen molar-refractivity contribution < 1.29 is 13.9 Å². The van der Waals surface area contributed by atoms with E-state index in [9.17, 15) is 8.78 Å². The molecular weight excluding hydrogens is 178 g/mol. The molecule has 0 fully saturated rings. The molecule has 0 aliphatic heterocycles. The molecule has 0 saturated heterocycles. The van der Waals surface area contributed by atoms with Crippen LogP contribution in [0.1, 0.15) is 23.4 Å². The average molecular weight is 188 g/mol. The second-order valence-electron chi connectivity index (χ2n) is 2.69. The van der Waals surface area contributed by atoms with Crippen LogP contribution in [-0.4, -0.2) is 10.1 Å². The van der Waals surface area contributed by atoms with E-state index >= 15 is 0 Å². The number of aliphatic hydroxyl groups is 1. The minimum absolute atomic E-state index is 0.0981. The Morgan fingerprint density at radius 3 is 2.69 bits per heavy atom. The molecule has 3 N–H and O–H groups in total. The molecule has 3 nitrogen and oxygen atoms in total. The molecule has 13 heavy (non-hydrogen) atoms. The van der Waals surface area contributed by atoms with Crippen LogP contribution in [0.3, 0.4) is 0 Å². The Balaban J connectivity index is 3.22. The second-order valence-corrected chi connectivity index (χ2v) is 2.69. The number of rotatable bonds is 2. The number of alkyl halides is 2. The Morgan fingerprint density at radius 2 is 2.23 bits per heavy atom. The van der Waals surface area contributed by atoms with Gasteiger partial charge in [0, 0.05) is 0 Å². The van der Waals surface area contributed by atoms with Crippen LogP contribution < -0.4 is 5.73 Å². The maximum Gasteiger partial charge on any atom is 0.280 e. The zero-order valence-corrected chi connectivity index (χ0v) is 7.09. The van der Waals surface area contributed by atoms with E-state index in [1.807, 2.05) is 0 Å². The van der Waals surface area contributed by atoms with Gasteiger partial charge in [0.05, 0.1) is 18.0 Å². The number of nitrogens with zero attached hydrogens (tertiary/aromatic N) is 1. The second kappa shape index (κ2) is 3.66. The Labute approximate surface area is 74.2 Å². The number of aromatic nitrogens is 1. The normalized spacial score (nSPS) is 10.8. The monoisotopic (exact) mass is 188 g/mol. The number of nitrogen functional groups attached to an aromatic ring is 1. The summed E-state index contributed by atoms with van der Waals surface area (Å²) in [6.07, 6.45) is -2.63. The van der Waals surface area contributed by atoms with E-state index in [0.717, 1.165) is 0 Å². The summed E-state index contributed by atoms with van der Waals surface area (Å²) in [5.74, 6) is 0. The maximum absolute atomic E-state index is 12.3. The van der Waals surface area contributed by atoms with Gasteiger partial charge in [-0.15, -0.1) is 0 Å². The third-order valence-corrected chi connectivity index (χ3v) is 1.72. The zero-order valence-electron chi connectivity index (χ0n) is 7.09. The summed E-state index contributed by atoms with van der Waals surface area (Å²) in [5.41, 5.74) is 5.79. The van der Waals surface area contributed by atoms with Gasteiger partial charge in [-0.05, 0) is 18.6 Å². The molecule has 0 aromatic carbocycles. The van der Waals surface area contributed by atoms with Crippen LogP contribution in [0.15, 0.2) is 6.07 Å². The van der Waals surface area contributed by atoms with Crippen molar-refractivity contribution in [1.82, 2.24) is 4.98 Å². The number of hydrogen-bond acceptors (Lipinski definition) is 3. The molecule has 0 unspecified atom stereocenters. The molecule has 0 aliphatic rings. The summed E-state index contributed by atoms with van der Waals surface area (Å²) >= 11 is 0. The predicted molar refractivity (Wildman–Crippen MR) is 44.3 cm³/mol. The molecule has 0 spiro atoms. The third-order valence-electron chi connectivity index (χ3n) is 1.72. The van der Waals surface area contributed by atoms with Crippen molar-refractivity contribution in [3.8, 4) is 0 Å². The van der Waals surface area contributed by atoms with Gasteiger partial charge in [-0.25, -0.2) is 13.8 Å². The molecule has 1 rings (SSSR count). The first-order chi connectivity index (χ1) is 6.06. The third kappa shape index (κ3) is 1.92.